The number of amides is 1. The van der Waals surface area contributed by atoms with Gasteiger partial charge in [-0.05, 0) is 38.1 Å². The molecule has 122 valence electrons. The summed E-state index contributed by atoms with van der Waals surface area (Å²) in [5, 5.41) is 22.5. The molecule has 0 saturated carbocycles. The Hall–Kier alpha value is -1.41. The van der Waals surface area contributed by atoms with Crippen molar-refractivity contribution in [3.05, 3.63) is 24.2 Å². The highest BCUT2D eigenvalue weighted by Crippen LogP contribution is 2.28. The number of rotatable bonds is 5. The first-order valence-electron chi connectivity index (χ1n) is 7.71. The molecule has 0 unspecified atom stereocenters. The maximum absolute atomic E-state index is 11.9. The van der Waals surface area contributed by atoms with Crippen molar-refractivity contribution < 1.29 is 24.2 Å². The molecule has 3 rings (SSSR count). The number of furan rings is 1. The standard InChI is InChI=1S/C15H22N2O5/c18-9-12-14(19)13(17-5-1-2-6-17)11(22-12)8-16-15(20)10-4-3-7-21-10/h3-4,7,11-14,18-19H,1-2,5-6,8-9H2,(H,16,20)/t11-,12-,13-,14+/m0/s1. The van der Waals surface area contributed by atoms with E-state index in [0.717, 1.165) is 25.9 Å². The van der Waals surface area contributed by atoms with Crippen LogP contribution in [0.2, 0.25) is 0 Å². The normalized spacial score (nSPS) is 32.5. The molecule has 7 heteroatoms. The number of carbonyl (C=O) groups excluding carboxylic acids is 1. The number of aliphatic hydroxyl groups is 2. The zero-order valence-electron chi connectivity index (χ0n) is 12.4. The molecule has 2 fully saturated rings. The summed E-state index contributed by atoms with van der Waals surface area (Å²) >= 11 is 0. The van der Waals surface area contributed by atoms with Gasteiger partial charge in [0.2, 0.25) is 0 Å². The summed E-state index contributed by atoms with van der Waals surface area (Å²) in [6, 6.07) is 3.05. The van der Waals surface area contributed by atoms with Crippen molar-refractivity contribution in [2.24, 2.45) is 0 Å². The predicted molar refractivity (Wildman–Crippen MR) is 77.4 cm³/mol. The van der Waals surface area contributed by atoms with Crippen LogP contribution in [0.15, 0.2) is 22.8 Å². The lowest BCUT2D eigenvalue weighted by Crippen LogP contribution is -2.50. The summed E-state index contributed by atoms with van der Waals surface area (Å²) in [6.07, 6.45) is 1.95. The first-order valence-corrected chi connectivity index (χ1v) is 7.71. The summed E-state index contributed by atoms with van der Waals surface area (Å²) in [5.41, 5.74) is 0. The monoisotopic (exact) mass is 310 g/mol. The summed E-state index contributed by atoms with van der Waals surface area (Å²) in [6.45, 7) is 1.86. The lowest BCUT2D eigenvalue weighted by molar-refractivity contribution is -0.0209. The molecule has 1 aromatic rings. The van der Waals surface area contributed by atoms with Gasteiger partial charge in [0.15, 0.2) is 5.76 Å². The Kier molecular flexibility index (Phi) is 4.77. The van der Waals surface area contributed by atoms with Crippen molar-refractivity contribution in [1.82, 2.24) is 10.2 Å². The van der Waals surface area contributed by atoms with Crippen LogP contribution >= 0.6 is 0 Å². The fourth-order valence-corrected chi connectivity index (χ4v) is 3.32. The third-order valence-corrected chi connectivity index (χ3v) is 4.41. The van der Waals surface area contributed by atoms with Crippen LogP contribution in [0.4, 0.5) is 0 Å². The summed E-state index contributed by atoms with van der Waals surface area (Å²) in [5.74, 6) is -0.0642. The van der Waals surface area contributed by atoms with Gasteiger partial charge in [0.1, 0.15) is 12.2 Å². The molecule has 1 aromatic heterocycles. The maximum Gasteiger partial charge on any atom is 0.287 e. The first kappa shape index (κ1) is 15.5. The highest BCUT2D eigenvalue weighted by molar-refractivity contribution is 5.91. The lowest BCUT2D eigenvalue weighted by Gasteiger charge is -2.29. The Balaban J connectivity index is 1.63. The molecular formula is C15H22N2O5. The molecule has 4 atom stereocenters. The maximum atomic E-state index is 11.9. The van der Waals surface area contributed by atoms with Crippen LogP contribution in [0.1, 0.15) is 23.4 Å². The number of hydrogen-bond donors (Lipinski definition) is 3. The van der Waals surface area contributed by atoms with E-state index in [1.807, 2.05) is 0 Å². The Morgan fingerprint density at radius 2 is 2.14 bits per heavy atom. The van der Waals surface area contributed by atoms with Gasteiger partial charge >= 0.3 is 0 Å². The van der Waals surface area contributed by atoms with Crippen LogP contribution in [0.3, 0.4) is 0 Å². The van der Waals surface area contributed by atoms with Crippen molar-refractivity contribution in [3.8, 4) is 0 Å². The van der Waals surface area contributed by atoms with Crippen LogP contribution in [0.5, 0.6) is 0 Å². The average molecular weight is 310 g/mol. The van der Waals surface area contributed by atoms with Crippen molar-refractivity contribution in [2.45, 2.75) is 37.2 Å². The van der Waals surface area contributed by atoms with Gasteiger partial charge in [0, 0.05) is 6.54 Å². The number of aliphatic hydroxyl groups excluding tert-OH is 2. The zero-order valence-corrected chi connectivity index (χ0v) is 12.4. The van der Waals surface area contributed by atoms with Gasteiger partial charge in [-0.1, -0.05) is 0 Å². The summed E-state index contributed by atoms with van der Waals surface area (Å²) in [4.78, 5) is 14.1. The Labute approximate surface area is 128 Å². The number of carbonyl (C=O) groups is 1. The molecule has 3 N–H and O–H groups in total. The van der Waals surface area contributed by atoms with Gasteiger partial charge in [-0.15, -0.1) is 0 Å². The largest absolute Gasteiger partial charge is 0.459 e. The van der Waals surface area contributed by atoms with E-state index >= 15 is 0 Å². The number of nitrogens with zero attached hydrogens (tertiary/aromatic N) is 1. The minimum atomic E-state index is -0.742. The Morgan fingerprint density at radius 3 is 2.77 bits per heavy atom. The fourth-order valence-electron chi connectivity index (χ4n) is 3.32. The van der Waals surface area contributed by atoms with Crippen molar-refractivity contribution in [3.63, 3.8) is 0 Å². The molecule has 2 aliphatic rings. The molecule has 0 radical (unpaired) electrons. The molecule has 0 bridgehead atoms. The van der Waals surface area contributed by atoms with Crippen molar-refractivity contribution >= 4 is 5.91 Å². The fraction of sp³-hybridized carbons (Fsp3) is 0.667. The average Bonchev–Trinajstić information content (AvgIpc) is 3.25. The Morgan fingerprint density at radius 1 is 1.36 bits per heavy atom. The van der Waals surface area contributed by atoms with Gasteiger partial charge in [-0.25, -0.2) is 0 Å². The zero-order chi connectivity index (χ0) is 15.5. The highest BCUT2D eigenvalue weighted by Gasteiger charge is 2.46. The van der Waals surface area contributed by atoms with E-state index in [1.165, 1.54) is 6.26 Å². The summed E-state index contributed by atoms with van der Waals surface area (Å²) in [7, 11) is 0. The van der Waals surface area contributed by atoms with E-state index in [0.29, 0.717) is 0 Å². The highest BCUT2D eigenvalue weighted by atomic mass is 16.5. The van der Waals surface area contributed by atoms with Crippen molar-refractivity contribution in [1.29, 1.82) is 0 Å². The number of ether oxygens (including phenoxy) is 1. The second-order valence-electron chi connectivity index (χ2n) is 5.81. The van der Waals surface area contributed by atoms with Crippen LogP contribution in [0.25, 0.3) is 0 Å². The van der Waals surface area contributed by atoms with E-state index in [9.17, 15) is 15.0 Å². The minimum Gasteiger partial charge on any atom is -0.459 e. The molecular weight excluding hydrogens is 288 g/mol. The van der Waals surface area contributed by atoms with Crippen LogP contribution in [-0.4, -0.2) is 71.6 Å². The number of hydrogen-bond acceptors (Lipinski definition) is 6. The number of nitrogens with one attached hydrogen (secondary N) is 1. The Bertz CT molecular complexity index is 486. The van der Waals surface area contributed by atoms with Crippen LogP contribution < -0.4 is 5.32 Å². The smallest absolute Gasteiger partial charge is 0.287 e. The molecule has 7 nitrogen and oxygen atoms in total. The summed E-state index contributed by atoms with van der Waals surface area (Å²) < 4.78 is 10.8. The van der Waals surface area contributed by atoms with E-state index in [1.54, 1.807) is 12.1 Å². The molecule has 22 heavy (non-hydrogen) atoms. The van der Waals surface area contributed by atoms with E-state index in [4.69, 9.17) is 9.15 Å². The SMILES string of the molecule is O=C(NC[C@@H]1O[C@@H](CO)[C@@H](O)[C@H]1N1CCCC1)c1ccco1. The molecule has 1 amide bonds. The lowest BCUT2D eigenvalue weighted by atomic mass is 10.0. The molecule has 0 spiro atoms. The van der Waals surface area contributed by atoms with Gasteiger partial charge < -0.3 is 24.7 Å². The first-order chi connectivity index (χ1) is 10.7. The van der Waals surface area contributed by atoms with Gasteiger partial charge in [0.05, 0.1) is 25.0 Å². The molecule has 3 heterocycles. The van der Waals surface area contributed by atoms with Gasteiger partial charge in [-0.2, -0.15) is 0 Å². The molecule has 2 aliphatic heterocycles. The van der Waals surface area contributed by atoms with Crippen LogP contribution in [-0.2, 0) is 4.74 Å². The van der Waals surface area contributed by atoms with E-state index in [-0.39, 0.29) is 37.0 Å². The minimum absolute atomic E-state index is 0.198. The van der Waals surface area contributed by atoms with Crippen molar-refractivity contribution in [2.75, 3.05) is 26.2 Å². The van der Waals surface area contributed by atoms with Crippen LogP contribution in [0, 0.1) is 0 Å². The molecule has 0 aromatic carbocycles. The topological polar surface area (TPSA) is 95.2 Å². The van der Waals surface area contributed by atoms with Gasteiger partial charge in [-0.3, -0.25) is 9.69 Å². The third kappa shape index (κ3) is 3.03. The second-order valence-corrected chi connectivity index (χ2v) is 5.81. The quantitative estimate of drug-likeness (QED) is 0.685. The van der Waals surface area contributed by atoms with E-state index < -0.39 is 12.2 Å². The predicted octanol–water partition coefficient (Wildman–Crippen LogP) is -0.406. The molecule has 2 saturated heterocycles. The third-order valence-electron chi connectivity index (χ3n) is 4.41. The number of likely N-dealkylation sites (tertiary alicyclic amines) is 1. The van der Waals surface area contributed by atoms with E-state index in [2.05, 4.69) is 10.2 Å². The molecule has 0 aliphatic carbocycles. The van der Waals surface area contributed by atoms with Gasteiger partial charge in [0.25, 0.3) is 5.91 Å². The second kappa shape index (κ2) is 6.78.